The van der Waals surface area contributed by atoms with Crippen molar-refractivity contribution < 1.29 is 5.32 Å². The van der Waals surface area contributed by atoms with Crippen LogP contribution in [-0.4, -0.2) is 11.5 Å². The molecule has 0 fully saturated rings. The number of fused-ring (bicyclic) bond motifs is 1. The average molecular weight is 231 g/mol. The van der Waals surface area contributed by atoms with Crippen molar-refractivity contribution in [2.45, 2.75) is 26.3 Å². The zero-order valence-electron chi connectivity index (χ0n) is 10.2. The van der Waals surface area contributed by atoms with Crippen molar-refractivity contribution in [3.63, 3.8) is 0 Å². The van der Waals surface area contributed by atoms with Crippen LogP contribution in [0.2, 0.25) is 0 Å². The summed E-state index contributed by atoms with van der Waals surface area (Å²) in [6, 6.07) is 9.88. The lowest BCUT2D eigenvalue weighted by atomic mass is 10.1. The first-order valence-corrected chi connectivity index (χ1v) is 6.24. The SMILES string of the molecule is CCCC[NH2+]Cc1cc2ccccc2[nH]c1=O. The lowest BCUT2D eigenvalue weighted by molar-refractivity contribution is -0.671. The Balaban J connectivity index is 2.17. The first kappa shape index (κ1) is 11.9. The monoisotopic (exact) mass is 231 g/mol. The summed E-state index contributed by atoms with van der Waals surface area (Å²) in [6.45, 7) is 4.03. The molecule has 0 amide bonds. The minimum Gasteiger partial charge on any atom is -0.342 e. The molecule has 0 saturated heterocycles. The maximum atomic E-state index is 11.8. The highest BCUT2D eigenvalue weighted by Gasteiger charge is 2.03. The summed E-state index contributed by atoms with van der Waals surface area (Å²) in [4.78, 5) is 14.7. The Morgan fingerprint density at radius 2 is 2.12 bits per heavy atom. The number of benzene rings is 1. The molecule has 0 bridgehead atoms. The second-order valence-electron chi connectivity index (χ2n) is 4.35. The van der Waals surface area contributed by atoms with Gasteiger partial charge in [-0.25, -0.2) is 0 Å². The van der Waals surface area contributed by atoms with Crippen LogP contribution < -0.4 is 10.9 Å². The Morgan fingerprint density at radius 1 is 1.29 bits per heavy atom. The summed E-state index contributed by atoms with van der Waals surface area (Å²) in [5, 5.41) is 3.30. The number of rotatable bonds is 5. The van der Waals surface area contributed by atoms with E-state index < -0.39 is 0 Å². The van der Waals surface area contributed by atoms with Crippen LogP contribution in [0.1, 0.15) is 25.3 Å². The molecule has 3 nitrogen and oxygen atoms in total. The maximum Gasteiger partial charge on any atom is 0.257 e. The molecule has 3 heteroatoms. The normalized spacial score (nSPS) is 10.9. The van der Waals surface area contributed by atoms with Gasteiger partial charge in [-0.3, -0.25) is 4.79 Å². The molecule has 0 radical (unpaired) electrons. The number of nitrogens with one attached hydrogen (secondary N) is 1. The lowest BCUT2D eigenvalue weighted by Gasteiger charge is -2.02. The van der Waals surface area contributed by atoms with Gasteiger partial charge in [0.2, 0.25) is 0 Å². The van der Waals surface area contributed by atoms with Crippen molar-refractivity contribution in [2.75, 3.05) is 6.54 Å². The van der Waals surface area contributed by atoms with Crippen LogP contribution in [0.3, 0.4) is 0 Å². The summed E-state index contributed by atoms with van der Waals surface area (Å²) < 4.78 is 0. The Bertz CT molecular complexity index is 545. The molecule has 0 aliphatic heterocycles. The summed E-state index contributed by atoms with van der Waals surface area (Å²) >= 11 is 0. The van der Waals surface area contributed by atoms with Crippen molar-refractivity contribution in [1.82, 2.24) is 4.98 Å². The van der Waals surface area contributed by atoms with Crippen LogP contribution in [-0.2, 0) is 6.54 Å². The number of quaternary nitrogens is 1. The average Bonchev–Trinajstić information content (AvgIpc) is 2.35. The number of hydrogen-bond donors (Lipinski definition) is 2. The van der Waals surface area contributed by atoms with Crippen molar-refractivity contribution in [3.05, 3.63) is 46.2 Å². The Morgan fingerprint density at radius 3 is 2.94 bits per heavy atom. The first-order valence-electron chi connectivity index (χ1n) is 6.24. The van der Waals surface area contributed by atoms with Gasteiger partial charge in [-0.2, -0.15) is 0 Å². The number of hydrogen-bond acceptors (Lipinski definition) is 1. The van der Waals surface area contributed by atoms with Crippen LogP contribution in [0.5, 0.6) is 0 Å². The maximum absolute atomic E-state index is 11.8. The standard InChI is InChI=1S/C14H18N2O/c1-2-3-8-15-10-12-9-11-6-4-5-7-13(11)16-14(12)17/h4-7,9,15H,2-3,8,10H2,1H3,(H,16,17)/p+1. The molecule has 0 unspecified atom stereocenters. The second kappa shape index (κ2) is 5.64. The fraction of sp³-hybridized carbons (Fsp3) is 0.357. The van der Waals surface area contributed by atoms with Crippen LogP contribution in [0.4, 0.5) is 0 Å². The lowest BCUT2D eigenvalue weighted by Crippen LogP contribution is -2.82. The van der Waals surface area contributed by atoms with E-state index in [4.69, 9.17) is 0 Å². The number of aromatic nitrogens is 1. The molecule has 0 aliphatic carbocycles. The number of aromatic amines is 1. The Hall–Kier alpha value is -1.61. The summed E-state index contributed by atoms with van der Waals surface area (Å²) in [6.07, 6.45) is 2.40. The largest absolute Gasteiger partial charge is 0.342 e. The van der Waals surface area contributed by atoms with Crippen LogP contribution >= 0.6 is 0 Å². The Kier molecular flexibility index (Phi) is 3.94. The van der Waals surface area contributed by atoms with E-state index in [0.29, 0.717) is 0 Å². The third-order valence-electron chi connectivity index (χ3n) is 2.96. The minimum atomic E-state index is 0.0384. The fourth-order valence-corrected chi connectivity index (χ4v) is 1.95. The van der Waals surface area contributed by atoms with Gasteiger partial charge < -0.3 is 10.3 Å². The molecule has 0 aliphatic rings. The highest BCUT2D eigenvalue weighted by molar-refractivity contribution is 5.78. The van der Waals surface area contributed by atoms with Gasteiger partial charge in [0.15, 0.2) is 0 Å². The molecule has 0 spiro atoms. The highest BCUT2D eigenvalue weighted by atomic mass is 16.1. The molecule has 0 atom stereocenters. The molecule has 1 heterocycles. The molecule has 2 aromatic rings. The first-order chi connectivity index (χ1) is 8.31. The van der Waals surface area contributed by atoms with Crippen LogP contribution in [0.25, 0.3) is 10.9 Å². The number of unbranched alkanes of at least 4 members (excludes halogenated alkanes) is 1. The van der Waals surface area contributed by atoms with Gasteiger partial charge >= 0.3 is 0 Å². The molecular weight excluding hydrogens is 212 g/mol. The fourth-order valence-electron chi connectivity index (χ4n) is 1.95. The third-order valence-corrected chi connectivity index (χ3v) is 2.96. The summed E-state index contributed by atoms with van der Waals surface area (Å²) in [5.41, 5.74) is 1.81. The van der Waals surface area contributed by atoms with Gasteiger partial charge in [0.25, 0.3) is 5.56 Å². The van der Waals surface area contributed by atoms with E-state index in [0.717, 1.165) is 29.6 Å². The summed E-state index contributed by atoms with van der Waals surface area (Å²) in [5.74, 6) is 0. The van der Waals surface area contributed by atoms with Gasteiger partial charge in [-0.1, -0.05) is 31.5 Å². The molecule has 90 valence electrons. The van der Waals surface area contributed by atoms with Gasteiger partial charge in [0.05, 0.1) is 12.1 Å². The zero-order chi connectivity index (χ0) is 12.1. The van der Waals surface area contributed by atoms with Gasteiger partial charge in [0, 0.05) is 5.52 Å². The van der Waals surface area contributed by atoms with E-state index in [1.165, 1.54) is 12.8 Å². The topological polar surface area (TPSA) is 49.5 Å². The molecule has 1 aromatic carbocycles. The van der Waals surface area contributed by atoms with Gasteiger partial charge in [0.1, 0.15) is 6.54 Å². The van der Waals surface area contributed by atoms with Crippen molar-refractivity contribution in [1.29, 1.82) is 0 Å². The molecule has 2 rings (SSSR count). The second-order valence-corrected chi connectivity index (χ2v) is 4.35. The van der Waals surface area contributed by atoms with Crippen molar-refractivity contribution in [2.24, 2.45) is 0 Å². The van der Waals surface area contributed by atoms with E-state index in [-0.39, 0.29) is 5.56 Å². The van der Waals surface area contributed by atoms with Crippen LogP contribution in [0.15, 0.2) is 35.1 Å². The summed E-state index contributed by atoms with van der Waals surface area (Å²) in [7, 11) is 0. The number of para-hydroxylation sites is 1. The van der Waals surface area contributed by atoms with E-state index in [9.17, 15) is 4.79 Å². The van der Waals surface area contributed by atoms with E-state index in [1.54, 1.807) is 0 Å². The van der Waals surface area contributed by atoms with Gasteiger partial charge in [-0.05, 0) is 23.9 Å². The highest BCUT2D eigenvalue weighted by Crippen LogP contribution is 2.09. The quantitative estimate of drug-likeness (QED) is 0.751. The predicted molar refractivity (Wildman–Crippen MR) is 70.0 cm³/mol. The van der Waals surface area contributed by atoms with E-state index in [1.807, 2.05) is 30.3 Å². The van der Waals surface area contributed by atoms with E-state index >= 15 is 0 Å². The molecule has 1 aromatic heterocycles. The van der Waals surface area contributed by atoms with Crippen LogP contribution in [0, 0.1) is 0 Å². The third kappa shape index (κ3) is 2.94. The smallest absolute Gasteiger partial charge is 0.257 e. The minimum absolute atomic E-state index is 0.0384. The Labute approximate surface area is 101 Å². The van der Waals surface area contributed by atoms with Gasteiger partial charge in [-0.15, -0.1) is 0 Å². The molecule has 17 heavy (non-hydrogen) atoms. The molecule has 0 saturated carbocycles. The van der Waals surface area contributed by atoms with E-state index in [2.05, 4.69) is 17.2 Å². The zero-order valence-corrected chi connectivity index (χ0v) is 10.2. The number of pyridine rings is 1. The predicted octanol–water partition coefficient (Wildman–Crippen LogP) is 1.39. The van der Waals surface area contributed by atoms with Crippen molar-refractivity contribution in [3.8, 4) is 0 Å². The molecule has 3 N–H and O–H groups in total. The number of H-pyrrole nitrogens is 1. The molecular formula is C14H19N2O+. The van der Waals surface area contributed by atoms with Crippen molar-refractivity contribution >= 4 is 10.9 Å². The number of nitrogens with two attached hydrogens (primary N) is 1.